The largest absolute Gasteiger partial charge is 0.196 e. The van der Waals surface area contributed by atoms with Crippen LogP contribution in [0.25, 0.3) is 0 Å². The average Bonchev–Trinajstić information content (AvgIpc) is 2.79. The maximum atomic E-state index is 12.9. The molecule has 0 aromatic heterocycles. The Labute approximate surface area is 174 Å². The summed E-state index contributed by atoms with van der Waals surface area (Å²) in [6.07, 6.45) is 18.0. The van der Waals surface area contributed by atoms with Crippen molar-refractivity contribution in [2.75, 3.05) is 0 Å². The molecule has 0 heterocycles. The molecule has 0 amide bonds. The van der Waals surface area contributed by atoms with Gasteiger partial charge >= 0.3 is 0 Å². The summed E-state index contributed by atoms with van der Waals surface area (Å²) >= 11 is 0. The maximum Gasteiger partial charge on any atom is 0.196 e. The lowest BCUT2D eigenvalue weighted by Gasteiger charge is -2.29. The Morgan fingerprint density at radius 1 is 0.897 bits per heavy atom. The Balaban J connectivity index is 1.36. The highest BCUT2D eigenvalue weighted by molar-refractivity contribution is 5.33. The molecule has 3 heteroatoms. The lowest BCUT2D eigenvalue weighted by atomic mass is 9.77. The van der Waals surface area contributed by atoms with Gasteiger partial charge in [-0.15, -0.1) is 0 Å². The molecule has 2 nitrogen and oxygen atoms in total. The SMILES string of the molecule is N#CC(F)=CCC[C@H]1CC[C@H](C=C[C@H]2CC[C@H](c3ccc(C#N)cc3)CC2)CC1. The van der Waals surface area contributed by atoms with Crippen LogP contribution in [0.4, 0.5) is 4.39 Å². The molecule has 0 spiro atoms. The summed E-state index contributed by atoms with van der Waals surface area (Å²) in [5.74, 6) is 2.10. The molecule has 0 bridgehead atoms. The number of halogens is 1. The summed E-state index contributed by atoms with van der Waals surface area (Å²) in [4.78, 5) is 0. The third kappa shape index (κ3) is 6.57. The van der Waals surface area contributed by atoms with Crippen LogP contribution >= 0.6 is 0 Å². The molecule has 1 aromatic carbocycles. The molecule has 1 aromatic rings. The van der Waals surface area contributed by atoms with Crippen molar-refractivity contribution in [1.82, 2.24) is 0 Å². The van der Waals surface area contributed by atoms with Crippen LogP contribution in [0, 0.1) is 40.4 Å². The number of rotatable bonds is 6. The summed E-state index contributed by atoms with van der Waals surface area (Å²) < 4.78 is 12.9. The molecule has 0 saturated heterocycles. The van der Waals surface area contributed by atoms with Crippen LogP contribution in [-0.4, -0.2) is 0 Å². The minimum atomic E-state index is -0.643. The number of allylic oxidation sites excluding steroid dienone is 4. The van der Waals surface area contributed by atoms with Crippen LogP contribution in [0.1, 0.15) is 81.3 Å². The Morgan fingerprint density at radius 2 is 1.48 bits per heavy atom. The quantitative estimate of drug-likeness (QED) is 0.376. The summed E-state index contributed by atoms with van der Waals surface area (Å²) in [7, 11) is 0. The van der Waals surface area contributed by atoms with Crippen molar-refractivity contribution in [3.8, 4) is 12.1 Å². The fourth-order valence-corrected chi connectivity index (χ4v) is 4.95. The predicted octanol–water partition coefficient (Wildman–Crippen LogP) is 7.35. The van der Waals surface area contributed by atoms with Gasteiger partial charge in [-0.05, 0) is 112 Å². The normalized spacial score (nSPS) is 28.0. The molecular formula is C26H31FN2. The summed E-state index contributed by atoms with van der Waals surface area (Å²) in [5, 5.41) is 17.4. The van der Waals surface area contributed by atoms with Crippen LogP contribution in [0.3, 0.4) is 0 Å². The molecule has 0 N–H and O–H groups in total. The smallest absolute Gasteiger partial charge is 0.195 e. The molecule has 3 rings (SSSR count). The van der Waals surface area contributed by atoms with Crippen molar-refractivity contribution < 1.29 is 4.39 Å². The van der Waals surface area contributed by atoms with E-state index in [2.05, 4.69) is 30.4 Å². The average molecular weight is 391 g/mol. The van der Waals surface area contributed by atoms with Gasteiger partial charge in [0, 0.05) is 0 Å². The lowest BCUT2D eigenvalue weighted by Crippen LogP contribution is -2.14. The fraction of sp³-hybridized carbons (Fsp3) is 0.538. The maximum absolute atomic E-state index is 12.9. The highest BCUT2D eigenvalue weighted by Crippen LogP contribution is 2.37. The van der Waals surface area contributed by atoms with E-state index in [9.17, 15) is 4.39 Å². The summed E-state index contributed by atoms with van der Waals surface area (Å²) in [6.45, 7) is 0. The molecule has 0 radical (unpaired) electrons. The third-order valence-electron chi connectivity index (χ3n) is 6.84. The predicted molar refractivity (Wildman–Crippen MR) is 114 cm³/mol. The van der Waals surface area contributed by atoms with Gasteiger partial charge in [0.2, 0.25) is 0 Å². The van der Waals surface area contributed by atoms with Gasteiger partial charge in [0.1, 0.15) is 6.07 Å². The first-order valence-electron chi connectivity index (χ1n) is 11.1. The number of hydrogen-bond acceptors (Lipinski definition) is 2. The fourth-order valence-electron chi connectivity index (χ4n) is 4.95. The van der Waals surface area contributed by atoms with Gasteiger partial charge in [0.05, 0.1) is 11.6 Å². The van der Waals surface area contributed by atoms with Gasteiger partial charge < -0.3 is 0 Å². The van der Waals surface area contributed by atoms with Crippen LogP contribution in [0.15, 0.2) is 48.3 Å². The van der Waals surface area contributed by atoms with E-state index in [-0.39, 0.29) is 0 Å². The monoisotopic (exact) mass is 390 g/mol. The Morgan fingerprint density at radius 3 is 2.03 bits per heavy atom. The van der Waals surface area contributed by atoms with Gasteiger partial charge in [-0.3, -0.25) is 0 Å². The highest BCUT2D eigenvalue weighted by Gasteiger charge is 2.22. The van der Waals surface area contributed by atoms with Crippen molar-refractivity contribution >= 4 is 0 Å². The Bertz CT molecular complexity index is 777. The second-order valence-electron chi connectivity index (χ2n) is 8.75. The van der Waals surface area contributed by atoms with Crippen molar-refractivity contribution in [1.29, 1.82) is 10.5 Å². The molecule has 0 aliphatic heterocycles. The number of benzene rings is 1. The summed E-state index contributed by atoms with van der Waals surface area (Å²) in [5.41, 5.74) is 2.13. The molecule has 2 fully saturated rings. The molecule has 0 atom stereocenters. The van der Waals surface area contributed by atoms with E-state index >= 15 is 0 Å². The number of hydrogen-bond donors (Lipinski definition) is 0. The number of nitriles is 2. The zero-order valence-corrected chi connectivity index (χ0v) is 17.2. The zero-order chi connectivity index (χ0) is 20.5. The lowest BCUT2D eigenvalue weighted by molar-refractivity contribution is 0.295. The first-order chi connectivity index (χ1) is 14.2. The second-order valence-corrected chi connectivity index (χ2v) is 8.75. The van der Waals surface area contributed by atoms with Crippen LogP contribution in [-0.2, 0) is 0 Å². The molecule has 152 valence electrons. The standard InChI is InChI=1S/C26H31FN2/c27-26(19-29)3-1-2-20-4-6-21(7-5-20)8-9-22-10-14-24(15-11-22)25-16-12-23(18-28)13-17-25/h3,8-9,12-13,16-17,20-22,24H,1-2,4-7,10-11,14-15H2/t20-,21-,22-,24-. The molecule has 0 unspecified atom stereocenters. The molecular weight excluding hydrogens is 359 g/mol. The zero-order valence-electron chi connectivity index (χ0n) is 17.2. The minimum Gasteiger partial charge on any atom is -0.195 e. The van der Waals surface area contributed by atoms with Gasteiger partial charge in [-0.1, -0.05) is 24.3 Å². The van der Waals surface area contributed by atoms with E-state index < -0.39 is 5.83 Å². The van der Waals surface area contributed by atoms with E-state index in [0.29, 0.717) is 30.1 Å². The van der Waals surface area contributed by atoms with E-state index in [4.69, 9.17) is 10.5 Å². The van der Waals surface area contributed by atoms with Gasteiger partial charge in [-0.25, -0.2) is 0 Å². The minimum absolute atomic E-state index is 0.641. The van der Waals surface area contributed by atoms with Crippen molar-refractivity contribution in [3.05, 3.63) is 59.4 Å². The first kappa shape index (κ1) is 21.3. The summed E-state index contributed by atoms with van der Waals surface area (Å²) in [6, 6.07) is 11.9. The molecule has 2 aliphatic carbocycles. The van der Waals surface area contributed by atoms with Gasteiger partial charge in [-0.2, -0.15) is 14.9 Å². The van der Waals surface area contributed by atoms with Gasteiger partial charge in [0.15, 0.2) is 5.83 Å². The van der Waals surface area contributed by atoms with Crippen LogP contribution in [0.5, 0.6) is 0 Å². The third-order valence-corrected chi connectivity index (χ3v) is 6.84. The van der Waals surface area contributed by atoms with E-state index in [0.717, 1.165) is 12.0 Å². The molecule has 2 aliphatic rings. The second kappa shape index (κ2) is 11.0. The Kier molecular flexibility index (Phi) is 8.06. The van der Waals surface area contributed by atoms with E-state index in [1.165, 1.54) is 63.0 Å². The van der Waals surface area contributed by atoms with Gasteiger partial charge in [0.25, 0.3) is 0 Å². The van der Waals surface area contributed by atoms with Crippen molar-refractivity contribution in [3.63, 3.8) is 0 Å². The highest BCUT2D eigenvalue weighted by atomic mass is 19.1. The van der Waals surface area contributed by atoms with Crippen LogP contribution in [0.2, 0.25) is 0 Å². The molecule has 29 heavy (non-hydrogen) atoms. The van der Waals surface area contributed by atoms with Crippen molar-refractivity contribution in [2.45, 2.75) is 70.1 Å². The first-order valence-corrected chi connectivity index (χ1v) is 11.1. The van der Waals surface area contributed by atoms with E-state index in [1.807, 2.05) is 12.1 Å². The number of nitrogens with zero attached hydrogens (tertiary/aromatic N) is 2. The van der Waals surface area contributed by atoms with Crippen LogP contribution < -0.4 is 0 Å². The topological polar surface area (TPSA) is 47.6 Å². The van der Waals surface area contributed by atoms with E-state index in [1.54, 1.807) is 6.07 Å². The van der Waals surface area contributed by atoms with Crippen molar-refractivity contribution in [2.24, 2.45) is 17.8 Å². The molecule has 2 saturated carbocycles. The Hall–Kier alpha value is -2.39.